The van der Waals surface area contributed by atoms with Crippen molar-refractivity contribution in [3.63, 3.8) is 0 Å². The van der Waals surface area contributed by atoms with E-state index in [0.29, 0.717) is 5.58 Å². The van der Waals surface area contributed by atoms with Crippen LogP contribution in [0.25, 0.3) is 16.7 Å². The van der Waals surface area contributed by atoms with E-state index in [-0.39, 0.29) is 5.69 Å². The summed E-state index contributed by atoms with van der Waals surface area (Å²) < 4.78 is 5.13. The standard InChI is InChI=1S/C10H6N4O2/c15-10-8(14-12-6-11-13-14)5-7-3-1-2-4-9(7)16-10/h1-6H. The lowest BCUT2D eigenvalue weighted by molar-refractivity contribution is 0.543. The molecule has 0 aliphatic rings. The Balaban J connectivity index is 2.34. The van der Waals surface area contributed by atoms with Crippen LogP contribution < -0.4 is 5.63 Å². The number of nitrogens with zero attached hydrogens (tertiary/aromatic N) is 4. The Bertz CT molecular complexity index is 687. The Morgan fingerprint density at radius 1 is 1.25 bits per heavy atom. The maximum absolute atomic E-state index is 11.6. The monoisotopic (exact) mass is 214 g/mol. The zero-order valence-corrected chi connectivity index (χ0v) is 8.07. The first-order valence-electron chi connectivity index (χ1n) is 4.61. The highest BCUT2D eigenvalue weighted by atomic mass is 16.4. The van der Waals surface area contributed by atoms with Gasteiger partial charge in [-0.3, -0.25) is 0 Å². The van der Waals surface area contributed by atoms with E-state index in [9.17, 15) is 4.79 Å². The molecule has 2 heterocycles. The van der Waals surface area contributed by atoms with Crippen molar-refractivity contribution in [2.24, 2.45) is 0 Å². The van der Waals surface area contributed by atoms with Gasteiger partial charge in [-0.05, 0) is 17.3 Å². The van der Waals surface area contributed by atoms with Crippen molar-refractivity contribution in [1.29, 1.82) is 0 Å². The van der Waals surface area contributed by atoms with Crippen LogP contribution >= 0.6 is 0 Å². The zero-order valence-electron chi connectivity index (χ0n) is 8.07. The van der Waals surface area contributed by atoms with E-state index in [1.165, 1.54) is 6.33 Å². The van der Waals surface area contributed by atoms with Crippen LogP contribution in [0.1, 0.15) is 0 Å². The quantitative estimate of drug-likeness (QED) is 0.559. The Hall–Kier alpha value is -2.50. The molecular weight excluding hydrogens is 208 g/mol. The van der Waals surface area contributed by atoms with E-state index >= 15 is 0 Å². The molecule has 3 rings (SSSR count). The maximum Gasteiger partial charge on any atom is 0.364 e. The van der Waals surface area contributed by atoms with Gasteiger partial charge >= 0.3 is 5.63 Å². The van der Waals surface area contributed by atoms with Gasteiger partial charge in [-0.25, -0.2) is 4.79 Å². The third-order valence-corrected chi connectivity index (χ3v) is 2.19. The van der Waals surface area contributed by atoms with Crippen LogP contribution in [0.4, 0.5) is 0 Å². The Labute approximate surface area is 89.1 Å². The normalized spacial score (nSPS) is 10.8. The minimum Gasteiger partial charge on any atom is -0.421 e. The fraction of sp³-hybridized carbons (Fsp3) is 0. The molecule has 0 saturated heterocycles. The van der Waals surface area contributed by atoms with Gasteiger partial charge in [0.15, 0.2) is 12.0 Å². The van der Waals surface area contributed by atoms with E-state index in [0.717, 1.165) is 10.2 Å². The van der Waals surface area contributed by atoms with Gasteiger partial charge in [-0.2, -0.15) is 0 Å². The summed E-state index contributed by atoms with van der Waals surface area (Å²) in [6.45, 7) is 0. The second-order valence-corrected chi connectivity index (χ2v) is 3.18. The van der Waals surface area contributed by atoms with Crippen molar-refractivity contribution in [2.75, 3.05) is 0 Å². The number of rotatable bonds is 1. The number of hydrogen-bond donors (Lipinski definition) is 0. The summed E-state index contributed by atoms with van der Waals surface area (Å²) in [4.78, 5) is 12.8. The second kappa shape index (κ2) is 3.27. The lowest BCUT2D eigenvalue weighted by atomic mass is 10.2. The van der Waals surface area contributed by atoms with Gasteiger partial charge < -0.3 is 4.42 Å². The molecule has 6 nitrogen and oxygen atoms in total. The van der Waals surface area contributed by atoms with Gasteiger partial charge in [0, 0.05) is 5.39 Å². The molecular formula is C10H6N4O2. The minimum atomic E-state index is -0.489. The molecule has 0 amide bonds. The Morgan fingerprint density at radius 3 is 2.94 bits per heavy atom. The third-order valence-electron chi connectivity index (χ3n) is 2.19. The Kier molecular flexibility index (Phi) is 1.79. The fourth-order valence-corrected chi connectivity index (χ4v) is 1.47. The zero-order chi connectivity index (χ0) is 11.0. The summed E-state index contributed by atoms with van der Waals surface area (Å²) in [7, 11) is 0. The summed E-state index contributed by atoms with van der Waals surface area (Å²) in [5, 5.41) is 11.8. The van der Waals surface area contributed by atoms with Crippen LogP contribution in [-0.4, -0.2) is 20.2 Å². The van der Waals surface area contributed by atoms with E-state index in [4.69, 9.17) is 4.42 Å². The molecule has 78 valence electrons. The first-order valence-corrected chi connectivity index (χ1v) is 4.61. The molecule has 0 aliphatic heterocycles. The molecule has 0 atom stereocenters. The molecule has 0 fully saturated rings. The van der Waals surface area contributed by atoms with Crippen molar-refractivity contribution >= 4 is 11.0 Å². The largest absolute Gasteiger partial charge is 0.421 e. The molecule has 6 heteroatoms. The van der Waals surface area contributed by atoms with Crippen LogP contribution in [0.3, 0.4) is 0 Å². The van der Waals surface area contributed by atoms with Gasteiger partial charge in [0.1, 0.15) is 5.58 Å². The van der Waals surface area contributed by atoms with E-state index < -0.39 is 5.63 Å². The van der Waals surface area contributed by atoms with Crippen molar-refractivity contribution in [3.8, 4) is 5.69 Å². The summed E-state index contributed by atoms with van der Waals surface area (Å²) in [5.74, 6) is 0. The van der Waals surface area contributed by atoms with Crippen LogP contribution in [0.5, 0.6) is 0 Å². The van der Waals surface area contributed by atoms with Gasteiger partial charge in [-0.1, -0.05) is 18.2 Å². The van der Waals surface area contributed by atoms with Crippen LogP contribution in [0, 0.1) is 0 Å². The average molecular weight is 214 g/mol. The minimum absolute atomic E-state index is 0.246. The first-order chi connectivity index (χ1) is 7.84. The van der Waals surface area contributed by atoms with Crippen molar-refractivity contribution in [3.05, 3.63) is 47.1 Å². The number of tetrazole rings is 1. The summed E-state index contributed by atoms with van der Waals surface area (Å²) in [6.07, 6.45) is 1.26. The number of fused-ring (bicyclic) bond motifs is 1. The number of para-hydroxylation sites is 1. The lowest BCUT2D eigenvalue weighted by Crippen LogP contribution is -2.12. The topological polar surface area (TPSA) is 73.8 Å². The van der Waals surface area contributed by atoms with Crippen LogP contribution in [0.2, 0.25) is 0 Å². The molecule has 0 radical (unpaired) electrons. The molecule has 0 bridgehead atoms. The SMILES string of the molecule is O=c1oc2ccccc2cc1-n1ncnn1. The molecule has 0 N–H and O–H groups in total. The summed E-state index contributed by atoms with van der Waals surface area (Å²) in [5.41, 5.74) is 0.296. The summed E-state index contributed by atoms with van der Waals surface area (Å²) in [6, 6.07) is 8.91. The smallest absolute Gasteiger partial charge is 0.364 e. The van der Waals surface area contributed by atoms with Crippen LogP contribution in [-0.2, 0) is 0 Å². The molecule has 0 saturated carbocycles. The molecule has 16 heavy (non-hydrogen) atoms. The summed E-state index contributed by atoms with van der Waals surface area (Å²) >= 11 is 0. The maximum atomic E-state index is 11.6. The van der Waals surface area contributed by atoms with Crippen molar-refractivity contribution < 1.29 is 4.42 Å². The van der Waals surface area contributed by atoms with Crippen LogP contribution in [0.15, 0.2) is 45.9 Å². The number of aromatic nitrogens is 4. The molecule has 2 aromatic heterocycles. The number of benzene rings is 1. The predicted molar refractivity (Wildman–Crippen MR) is 55.2 cm³/mol. The molecule has 3 aromatic rings. The third kappa shape index (κ3) is 1.28. The second-order valence-electron chi connectivity index (χ2n) is 3.18. The molecule has 0 spiro atoms. The fourth-order valence-electron chi connectivity index (χ4n) is 1.47. The highest BCUT2D eigenvalue weighted by molar-refractivity contribution is 5.77. The highest BCUT2D eigenvalue weighted by Gasteiger charge is 2.08. The van der Waals surface area contributed by atoms with Gasteiger partial charge in [0.2, 0.25) is 0 Å². The van der Waals surface area contributed by atoms with E-state index in [2.05, 4.69) is 15.4 Å². The van der Waals surface area contributed by atoms with Gasteiger partial charge in [0.05, 0.1) is 0 Å². The number of hydrogen-bond acceptors (Lipinski definition) is 5. The molecule has 1 aromatic carbocycles. The van der Waals surface area contributed by atoms with E-state index in [1.54, 1.807) is 18.2 Å². The highest BCUT2D eigenvalue weighted by Crippen LogP contribution is 2.13. The Morgan fingerprint density at radius 2 is 2.12 bits per heavy atom. The first kappa shape index (κ1) is 8.78. The van der Waals surface area contributed by atoms with Gasteiger partial charge in [0.25, 0.3) is 0 Å². The van der Waals surface area contributed by atoms with Crippen molar-refractivity contribution in [1.82, 2.24) is 20.2 Å². The van der Waals surface area contributed by atoms with Crippen molar-refractivity contribution in [2.45, 2.75) is 0 Å². The predicted octanol–water partition coefficient (Wildman–Crippen LogP) is 0.769. The average Bonchev–Trinajstić information content (AvgIpc) is 2.81. The van der Waals surface area contributed by atoms with E-state index in [1.807, 2.05) is 12.1 Å². The molecule has 0 aliphatic carbocycles. The molecule has 0 unspecified atom stereocenters. The van der Waals surface area contributed by atoms with Gasteiger partial charge in [-0.15, -0.1) is 15.0 Å². The lowest BCUT2D eigenvalue weighted by Gasteiger charge is -1.99.